The number of ether oxygens (including phenoxy) is 1. The minimum Gasteiger partial charge on any atom is -0.481 e. The number of carbonyl (C=O) groups excluding carboxylic acids is 1. The quantitative estimate of drug-likeness (QED) is 0.419. The maximum atomic E-state index is 14.5. The van der Waals surface area contributed by atoms with Gasteiger partial charge >= 0.3 is 5.97 Å². The summed E-state index contributed by atoms with van der Waals surface area (Å²) in [6.45, 7) is 5.01. The lowest BCUT2D eigenvalue weighted by atomic mass is 9.94. The van der Waals surface area contributed by atoms with Gasteiger partial charge in [-0.25, -0.2) is 4.39 Å². The molecule has 180 valence electrons. The van der Waals surface area contributed by atoms with Crippen LogP contribution < -0.4 is 10.1 Å². The Hall–Kier alpha value is -3.72. The number of hydrogen-bond donors (Lipinski definition) is 3. The van der Waals surface area contributed by atoms with Crippen LogP contribution in [0.4, 0.5) is 4.39 Å². The van der Waals surface area contributed by atoms with Gasteiger partial charge in [-0.1, -0.05) is 56.3 Å². The first kappa shape index (κ1) is 24.9. The number of benzene rings is 2. The number of hydrogen-bond acceptors (Lipinski definition) is 5. The standard InChI is InChI=1S/C25H28FN3O5/c1-16(2)25(3,33)15-34-22-13-20(28-29(22)21-12-8-7-11-19(21)26)23(30)27-14-18(24(31)32)17-9-5-4-6-10-17/h4-13,16,18,33H,14-15H2,1-3H3,(H,27,30)(H,31,32)/t18?,25-/m1/s1. The van der Waals surface area contributed by atoms with Gasteiger partial charge in [0.15, 0.2) is 5.69 Å². The molecular formula is C25H28FN3O5. The van der Waals surface area contributed by atoms with Crippen LogP contribution in [0, 0.1) is 11.7 Å². The Morgan fingerprint density at radius 1 is 1.15 bits per heavy atom. The molecule has 1 heterocycles. The van der Waals surface area contributed by atoms with Gasteiger partial charge in [0.2, 0.25) is 5.88 Å². The van der Waals surface area contributed by atoms with Crippen LogP contribution in [0.3, 0.4) is 0 Å². The third-order valence-corrected chi connectivity index (χ3v) is 5.71. The average molecular weight is 470 g/mol. The first-order chi connectivity index (χ1) is 16.1. The summed E-state index contributed by atoms with van der Waals surface area (Å²) in [5.74, 6) is -3.30. The summed E-state index contributed by atoms with van der Waals surface area (Å²) < 4.78 is 21.4. The predicted molar refractivity (Wildman–Crippen MR) is 124 cm³/mol. The molecule has 0 saturated heterocycles. The van der Waals surface area contributed by atoms with Crippen LogP contribution >= 0.6 is 0 Å². The van der Waals surface area contributed by atoms with Crippen molar-refractivity contribution in [3.63, 3.8) is 0 Å². The molecule has 0 spiro atoms. The van der Waals surface area contributed by atoms with Crippen LogP contribution in [0.25, 0.3) is 5.69 Å². The molecule has 0 aliphatic rings. The van der Waals surface area contributed by atoms with Gasteiger partial charge in [-0.05, 0) is 30.5 Å². The van der Waals surface area contributed by atoms with Crippen molar-refractivity contribution in [3.8, 4) is 11.6 Å². The maximum absolute atomic E-state index is 14.5. The maximum Gasteiger partial charge on any atom is 0.312 e. The fourth-order valence-corrected chi connectivity index (χ4v) is 3.08. The Balaban J connectivity index is 1.85. The lowest BCUT2D eigenvalue weighted by molar-refractivity contribution is -0.138. The molecular weight excluding hydrogens is 441 g/mol. The molecule has 0 aliphatic carbocycles. The number of amides is 1. The largest absolute Gasteiger partial charge is 0.481 e. The van der Waals surface area contributed by atoms with Crippen LogP contribution in [0.15, 0.2) is 60.7 Å². The Kier molecular flexibility index (Phi) is 7.68. The molecule has 3 rings (SSSR count). The summed E-state index contributed by atoms with van der Waals surface area (Å²) in [4.78, 5) is 24.5. The summed E-state index contributed by atoms with van der Waals surface area (Å²) in [5, 5.41) is 26.9. The van der Waals surface area contributed by atoms with E-state index in [9.17, 15) is 24.2 Å². The number of aliphatic hydroxyl groups is 1. The molecule has 0 radical (unpaired) electrons. The summed E-state index contributed by atoms with van der Waals surface area (Å²) in [6, 6.07) is 15.8. The van der Waals surface area contributed by atoms with Crippen LogP contribution in [0.5, 0.6) is 5.88 Å². The van der Waals surface area contributed by atoms with Gasteiger partial charge in [-0.2, -0.15) is 9.78 Å². The van der Waals surface area contributed by atoms with Gasteiger partial charge in [0.1, 0.15) is 18.1 Å². The second kappa shape index (κ2) is 10.5. The van der Waals surface area contributed by atoms with Crippen molar-refractivity contribution < 1.29 is 28.9 Å². The van der Waals surface area contributed by atoms with Crippen LogP contribution in [-0.4, -0.2) is 50.6 Å². The Bertz CT molecular complexity index is 1140. The molecule has 0 bridgehead atoms. The van der Waals surface area contributed by atoms with E-state index in [1.54, 1.807) is 43.3 Å². The number of rotatable bonds is 10. The van der Waals surface area contributed by atoms with Crippen LogP contribution in [-0.2, 0) is 4.79 Å². The molecule has 1 amide bonds. The summed E-state index contributed by atoms with van der Waals surface area (Å²) in [7, 11) is 0. The average Bonchev–Trinajstić information content (AvgIpc) is 3.22. The van der Waals surface area contributed by atoms with Crippen molar-refractivity contribution in [2.75, 3.05) is 13.2 Å². The molecule has 0 fully saturated rings. The van der Waals surface area contributed by atoms with Crippen LogP contribution in [0.1, 0.15) is 42.7 Å². The lowest BCUT2D eigenvalue weighted by Crippen LogP contribution is -2.38. The van der Waals surface area contributed by atoms with Crippen LogP contribution in [0.2, 0.25) is 0 Å². The zero-order valence-electron chi connectivity index (χ0n) is 19.2. The van der Waals surface area contributed by atoms with E-state index in [4.69, 9.17) is 4.74 Å². The number of nitrogens with zero attached hydrogens (tertiary/aromatic N) is 2. The molecule has 9 heteroatoms. The topological polar surface area (TPSA) is 114 Å². The van der Waals surface area contributed by atoms with E-state index < -0.39 is 29.2 Å². The number of carbonyl (C=O) groups is 2. The molecule has 1 unspecified atom stereocenters. The van der Waals surface area contributed by atoms with E-state index in [1.807, 2.05) is 13.8 Å². The summed E-state index contributed by atoms with van der Waals surface area (Å²) in [6.07, 6.45) is 0. The Morgan fingerprint density at radius 2 is 1.79 bits per heavy atom. The van der Waals surface area contributed by atoms with Gasteiger partial charge in [0.05, 0.1) is 11.5 Å². The molecule has 8 nitrogen and oxygen atoms in total. The number of aliphatic carboxylic acids is 1. The highest BCUT2D eigenvalue weighted by Crippen LogP contribution is 2.25. The van der Waals surface area contributed by atoms with E-state index in [0.29, 0.717) is 5.56 Å². The zero-order valence-corrected chi connectivity index (χ0v) is 19.2. The van der Waals surface area contributed by atoms with E-state index in [0.717, 1.165) is 4.68 Å². The first-order valence-corrected chi connectivity index (χ1v) is 10.9. The smallest absolute Gasteiger partial charge is 0.312 e. The number of halogens is 1. The summed E-state index contributed by atoms with van der Waals surface area (Å²) >= 11 is 0. The fraction of sp³-hybridized carbons (Fsp3) is 0.320. The van der Waals surface area contributed by atoms with Gasteiger partial charge in [0, 0.05) is 12.6 Å². The molecule has 0 aliphatic heterocycles. The van der Waals surface area contributed by atoms with E-state index in [-0.39, 0.29) is 36.3 Å². The minimum absolute atomic E-state index is 0.0634. The van der Waals surface area contributed by atoms with Crippen molar-refractivity contribution >= 4 is 11.9 Å². The van der Waals surface area contributed by atoms with E-state index in [1.165, 1.54) is 24.3 Å². The van der Waals surface area contributed by atoms with Crippen molar-refractivity contribution in [1.82, 2.24) is 15.1 Å². The molecule has 2 aromatic carbocycles. The highest BCUT2D eigenvalue weighted by atomic mass is 19.1. The Labute approximate surface area is 197 Å². The van der Waals surface area contributed by atoms with E-state index >= 15 is 0 Å². The molecule has 3 aromatic rings. The minimum atomic E-state index is -1.17. The normalized spacial score (nSPS) is 13.8. The van der Waals surface area contributed by atoms with Gasteiger partial charge < -0.3 is 20.3 Å². The summed E-state index contributed by atoms with van der Waals surface area (Å²) in [5.41, 5.74) is -0.642. The number of aromatic nitrogens is 2. The molecule has 3 N–H and O–H groups in total. The Morgan fingerprint density at radius 3 is 2.41 bits per heavy atom. The van der Waals surface area contributed by atoms with Crippen molar-refractivity contribution in [3.05, 3.63) is 77.7 Å². The zero-order chi connectivity index (χ0) is 24.9. The van der Waals surface area contributed by atoms with Gasteiger partial charge in [-0.3, -0.25) is 9.59 Å². The second-order valence-corrected chi connectivity index (χ2v) is 8.54. The van der Waals surface area contributed by atoms with Crippen molar-refractivity contribution in [1.29, 1.82) is 0 Å². The molecule has 34 heavy (non-hydrogen) atoms. The van der Waals surface area contributed by atoms with Crippen molar-refractivity contribution in [2.24, 2.45) is 5.92 Å². The third kappa shape index (κ3) is 5.79. The second-order valence-electron chi connectivity index (χ2n) is 8.54. The number of carboxylic acid groups (broad SMARTS) is 1. The number of nitrogens with one attached hydrogen (secondary N) is 1. The fourth-order valence-electron chi connectivity index (χ4n) is 3.08. The highest BCUT2D eigenvalue weighted by molar-refractivity contribution is 5.93. The monoisotopic (exact) mass is 469 g/mol. The number of para-hydroxylation sites is 1. The molecule has 1 aromatic heterocycles. The third-order valence-electron chi connectivity index (χ3n) is 5.71. The number of carboxylic acids is 1. The first-order valence-electron chi connectivity index (χ1n) is 10.9. The van der Waals surface area contributed by atoms with E-state index in [2.05, 4.69) is 10.4 Å². The molecule has 0 saturated carbocycles. The van der Waals surface area contributed by atoms with Crippen molar-refractivity contribution in [2.45, 2.75) is 32.3 Å². The highest BCUT2D eigenvalue weighted by Gasteiger charge is 2.28. The SMILES string of the molecule is CC(C)[C@](C)(O)COc1cc(C(=O)NCC(C(=O)O)c2ccccc2)nn1-c1ccccc1F. The predicted octanol–water partition coefficient (Wildman–Crippen LogP) is 3.40. The van der Waals surface area contributed by atoms with Gasteiger partial charge in [0.25, 0.3) is 5.91 Å². The lowest BCUT2D eigenvalue weighted by Gasteiger charge is -2.27. The molecule has 2 atom stereocenters. The van der Waals surface area contributed by atoms with Gasteiger partial charge in [-0.15, -0.1) is 0 Å².